The summed E-state index contributed by atoms with van der Waals surface area (Å²) in [5.74, 6) is -3.27. The Bertz CT molecular complexity index is 594. The van der Waals surface area contributed by atoms with E-state index in [0.29, 0.717) is 24.4 Å². The molecule has 0 atom stereocenters. The summed E-state index contributed by atoms with van der Waals surface area (Å²) in [6.45, 7) is 6.34. The minimum absolute atomic E-state index is 0.120. The Hall–Kier alpha value is -1.82. The summed E-state index contributed by atoms with van der Waals surface area (Å²) in [6, 6.07) is 1.19. The molecule has 0 radical (unpaired) electrons. The fourth-order valence-corrected chi connectivity index (χ4v) is 1.61. The number of hydrogen-bond acceptors (Lipinski definition) is 3. The lowest BCUT2D eigenvalue weighted by Crippen LogP contribution is -2.35. The molecule has 108 valence electrons. The minimum Gasteiger partial charge on any atom is -0.444 e. The molecule has 0 unspecified atom stereocenters. The smallest absolute Gasteiger partial charge is 0.232 e. The van der Waals surface area contributed by atoms with Gasteiger partial charge in [-0.05, 0) is 20.8 Å². The molecule has 0 spiro atoms. The normalized spacial score (nSPS) is 11.9. The van der Waals surface area contributed by atoms with Crippen LogP contribution in [-0.2, 0) is 6.54 Å². The van der Waals surface area contributed by atoms with E-state index >= 15 is 0 Å². The van der Waals surface area contributed by atoms with E-state index in [-0.39, 0.29) is 11.4 Å². The van der Waals surface area contributed by atoms with E-state index in [4.69, 9.17) is 4.42 Å². The summed E-state index contributed by atoms with van der Waals surface area (Å²) in [5, 5.41) is 3.17. The first-order chi connectivity index (χ1) is 9.26. The van der Waals surface area contributed by atoms with Crippen molar-refractivity contribution in [1.82, 2.24) is 10.3 Å². The van der Waals surface area contributed by atoms with Crippen LogP contribution in [0.3, 0.4) is 0 Å². The Kier molecular flexibility index (Phi) is 3.85. The van der Waals surface area contributed by atoms with Crippen LogP contribution < -0.4 is 5.32 Å². The van der Waals surface area contributed by atoms with Gasteiger partial charge in [0.15, 0.2) is 0 Å². The molecule has 1 heterocycles. The van der Waals surface area contributed by atoms with Crippen LogP contribution in [-0.4, -0.2) is 10.5 Å². The van der Waals surface area contributed by atoms with Crippen LogP contribution in [0.4, 0.5) is 13.2 Å². The quantitative estimate of drug-likeness (QED) is 0.935. The van der Waals surface area contributed by atoms with Crippen molar-refractivity contribution < 1.29 is 17.6 Å². The zero-order chi connectivity index (χ0) is 14.9. The molecule has 6 heteroatoms. The third-order valence-electron chi connectivity index (χ3n) is 2.57. The van der Waals surface area contributed by atoms with Gasteiger partial charge >= 0.3 is 0 Å². The maximum Gasteiger partial charge on any atom is 0.232 e. The van der Waals surface area contributed by atoms with Gasteiger partial charge in [-0.25, -0.2) is 18.2 Å². The molecule has 0 fully saturated rings. The first-order valence-electron chi connectivity index (χ1n) is 6.10. The lowest BCUT2D eigenvalue weighted by molar-refractivity contribution is 0.421. The van der Waals surface area contributed by atoms with Crippen molar-refractivity contribution in [2.75, 3.05) is 0 Å². The molecule has 20 heavy (non-hydrogen) atoms. The SMILES string of the molecule is CC(C)(C)NCc1coc(-c2c(F)cc(F)cc2F)n1. The molecule has 2 aromatic rings. The number of nitrogens with one attached hydrogen (secondary N) is 1. The second-order valence-electron chi connectivity index (χ2n) is 5.49. The van der Waals surface area contributed by atoms with Gasteiger partial charge in [-0.2, -0.15) is 0 Å². The molecule has 0 aliphatic rings. The number of benzene rings is 1. The van der Waals surface area contributed by atoms with Crippen molar-refractivity contribution in [1.29, 1.82) is 0 Å². The predicted octanol–water partition coefficient (Wildman–Crippen LogP) is 3.65. The van der Waals surface area contributed by atoms with Crippen LogP contribution in [0.5, 0.6) is 0 Å². The average molecular weight is 284 g/mol. The second-order valence-corrected chi connectivity index (χ2v) is 5.49. The van der Waals surface area contributed by atoms with Gasteiger partial charge in [0.2, 0.25) is 5.89 Å². The van der Waals surface area contributed by atoms with E-state index in [1.807, 2.05) is 20.8 Å². The molecule has 0 saturated carbocycles. The molecule has 1 aromatic carbocycles. The highest BCUT2D eigenvalue weighted by atomic mass is 19.1. The number of halogens is 3. The van der Waals surface area contributed by atoms with Crippen molar-refractivity contribution in [3.05, 3.63) is 41.5 Å². The monoisotopic (exact) mass is 284 g/mol. The standard InChI is InChI=1S/C14H15F3N2O/c1-14(2,3)18-6-9-7-20-13(19-9)12-10(16)4-8(15)5-11(12)17/h4-5,7,18H,6H2,1-3H3. The van der Waals surface area contributed by atoms with Crippen molar-refractivity contribution in [2.24, 2.45) is 0 Å². The van der Waals surface area contributed by atoms with E-state index in [2.05, 4.69) is 10.3 Å². The fourth-order valence-electron chi connectivity index (χ4n) is 1.61. The fraction of sp³-hybridized carbons (Fsp3) is 0.357. The van der Waals surface area contributed by atoms with Crippen LogP contribution in [0.15, 0.2) is 22.8 Å². The Morgan fingerprint density at radius 2 is 1.75 bits per heavy atom. The Labute approximate surface area is 114 Å². The molecule has 1 N–H and O–H groups in total. The summed E-state index contributed by atoms with van der Waals surface area (Å²) in [7, 11) is 0. The molecule has 3 nitrogen and oxygen atoms in total. The summed E-state index contributed by atoms with van der Waals surface area (Å²) in [5.41, 5.74) is -0.0719. The molecular weight excluding hydrogens is 269 g/mol. The lowest BCUT2D eigenvalue weighted by Gasteiger charge is -2.19. The van der Waals surface area contributed by atoms with Crippen molar-refractivity contribution in [2.45, 2.75) is 32.9 Å². The van der Waals surface area contributed by atoms with Gasteiger partial charge in [-0.15, -0.1) is 0 Å². The van der Waals surface area contributed by atoms with Gasteiger partial charge in [0.1, 0.15) is 29.3 Å². The van der Waals surface area contributed by atoms with Crippen LogP contribution >= 0.6 is 0 Å². The maximum atomic E-state index is 13.6. The van der Waals surface area contributed by atoms with Crippen LogP contribution in [0.25, 0.3) is 11.5 Å². The van der Waals surface area contributed by atoms with Crippen molar-refractivity contribution >= 4 is 0 Å². The average Bonchev–Trinajstić information content (AvgIpc) is 2.72. The van der Waals surface area contributed by atoms with Gasteiger partial charge in [-0.3, -0.25) is 0 Å². The number of nitrogens with zero attached hydrogens (tertiary/aromatic N) is 1. The third-order valence-corrected chi connectivity index (χ3v) is 2.57. The van der Waals surface area contributed by atoms with E-state index in [9.17, 15) is 13.2 Å². The predicted molar refractivity (Wildman–Crippen MR) is 68.4 cm³/mol. The molecule has 0 aliphatic carbocycles. The van der Waals surface area contributed by atoms with Gasteiger partial charge in [0.05, 0.1) is 5.69 Å². The van der Waals surface area contributed by atoms with Crippen molar-refractivity contribution in [3.63, 3.8) is 0 Å². The highest BCUT2D eigenvalue weighted by Gasteiger charge is 2.19. The molecule has 1 aromatic heterocycles. The van der Waals surface area contributed by atoms with E-state index < -0.39 is 23.0 Å². The lowest BCUT2D eigenvalue weighted by atomic mass is 10.1. The number of rotatable bonds is 3. The van der Waals surface area contributed by atoms with Crippen LogP contribution in [0, 0.1) is 17.5 Å². The summed E-state index contributed by atoms with van der Waals surface area (Å²) >= 11 is 0. The van der Waals surface area contributed by atoms with E-state index in [1.165, 1.54) is 6.26 Å². The van der Waals surface area contributed by atoms with E-state index in [0.717, 1.165) is 0 Å². The maximum absolute atomic E-state index is 13.6. The van der Waals surface area contributed by atoms with E-state index in [1.54, 1.807) is 0 Å². The van der Waals surface area contributed by atoms with Gasteiger partial charge in [-0.1, -0.05) is 0 Å². The zero-order valence-corrected chi connectivity index (χ0v) is 11.4. The second kappa shape index (κ2) is 5.28. The highest BCUT2D eigenvalue weighted by Crippen LogP contribution is 2.26. The molecular formula is C14H15F3N2O. The zero-order valence-electron chi connectivity index (χ0n) is 11.4. The van der Waals surface area contributed by atoms with Crippen LogP contribution in [0.2, 0.25) is 0 Å². The van der Waals surface area contributed by atoms with Gasteiger partial charge < -0.3 is 9.73 Å². The molecule has 0 saturated heterocycles. The first kappa shape index (κ1) is 14.6. The Morgan fingerprint density at radius 3 is 2.30 bits per heavy atom. The summed E-state index contributed by atoms with van der Waals surface area (Å²) in [4.78, 5) is 4.00. The number of hydrogen-bond donors (Lipinski definition) is 1. The molecule has 0 amide bonds. The Morgan fingerprint density at radius 1 is 1.15 bits per heavy atom. The largest absolute Gasteiger partial charge is 0.444 e. The first-order valence-corrected chi connectivity index (χ1v) is 6.10. The van der Waals surface area contributed by atoms with Gasteiger partial charge in [0.25, 0.3) is 0 Å². The minimum atomic E-state index is -1.04. The third kappa shape index (κ3) is 3.39. The van der Waals surface area contributed by atoms with Gasteiger partial charge in [0, 0.05) is 24.2 Å². The number of oxazole rings is 1. The van der Waals surface area contributed by atoms with Crippen molar-refractivity contribution in [3.8, 4) is 11.5 Å². The highest BCUT2D eigenvalue weighted by molar-refractivity contribution is 5.55. The summed E-state index contributed by atoms with van der Waals surface area (Å²) < 4.78 is 45.1. The number of aromatic nitrogens is 1. The molecule has 2 rings (SSSR count). The molecule has 0 bridgehead atoms. The summed E-state index contributed by atoms with van der Waals surface area (Å²) in [6.07, 6.45) is 1.32. The Balaban J connectivity index is 2.25. The topological polar surface area (TPSA) is 38.1 Å². The van der Waals surface area contributed by atoms with Crippen LogP contribution in [0.1, 0.15) is 26.5 Å². The molecule has 0 aliphatic heterocycles.